The van der Waals surface area contributed by atoms with E-state index in [-0.39, 0.29) is 24.3 Å². The van der Waals surface area contributed by atoms with Gasteiger partial charge in [0.05, 0.1) is 12.7 Å². The van der Waals surface area contributed by atoms with E-state index in [0.29, 0.717) is 25.4 Å². The second kappa shape index (κ2) is 10.5. The molecule has 5 heteroatoms. The van der Waals surface area contributed by atoms with Crippen LogP contribution in [0.5, 0.6) is 5.75 Å². The molecule has 142 valence electrons. The Kier molecular flexibility index (Phi) is 7.75. The van der Waals surface area contributed by atoms with Crippen LogP contribution in [0.25, 0.3) is 0 Å². The third-order valence-corrected chi connectivity index (χ3v) is 4.53. The lowest BCUT2D eigenvalue weighted by atomic mass is 10.0. The van der Waals surface area contributed by atoms with E-state index >= 15 is 0 Å². The third-order valence-electron chi connectivity index (χ3n) is 4.53. The molecule has 3 atom stereocenters. The lowest BCUT2D eigenvalue weighted by molar-refractivity contribution is -0.161. The molecular formula is C21H27FO4. The summed E-state index contributed by atoms with van der Waals surface area (Å²) in [6, 6.07) is 6.05. The summed E-state index contributed by atoms with van der Waals surface area (Å²) in [4.78, 5) is 0. The SMILES string of the molecule is Fc1ccc(OC[C@@H]2CCC[C@@H](C#CCCOC3CCCCO3)O2)cc1. The Morgan fingerprint density at radius 2 is 1.96 bits per heavy atom. The quantitative estimate of drug-likeness (QED) is 0.564. The molecule has 0 radical (unpaired) electrons. The van der Waals surface area contributed by atoms with Gasteiger partial charge >= 0.3 is 0 Å². The largest absolute Gasteiger partial charge is 0.491 e. The molecule has 26 heavy (non-hydrogen) atoms. The van der Waals surface area contributed by atoms with Crippen molar-refractivity contribution in [1.29, 1.82) is 0 Å². The highest BCUT2D eigenvalue weighted by Gasteiger charge is 2.21. The Morgan fingerprint density at radius 3 is 2.77 bits per heavy atom. The van der Waals surface area contributed by atoms with Crippen molar-refractivity contribution < 1.29 is 23.3 Å². The van der Waals surface area contributed by atoms with E-state index in [2.05, 4.69) is 11.8 Å². The van der Waals surface area contributed by atoms with Gasteiger partial charge in [0, 0.05) is 13.0 Å². The molecule has 0 spiro atoms. The lowest BCUT2D eigenvalue weighted by Gasteiger charge is -2.27. The normalized spacial score (nSPS) is 26.0. The summed E-state index contributed by atoms with van der Waals surface area (Å²) in [5.74, 6) is 6.75. The zero-order chi connectivity index (χ0) is 18.0. The van der Waals surface area contributed by atoms with Crippen molar-refractivity contribution in [2.45, 2.75) is 63.4 Å². The van der Waals surface area contributed by atoms with Gasteiger partial charge in [0.2, 0.25) is 0 Å². The van der Waals surface area contributed by atoms with Crippen LogP contribution in [-0.2, 0) is 14.2 Å². The van der Waals surface area contributed by atoms with Gasteiger partial charge in [-0.1, -0.05) is 11.8 Å². The maximum Gasteiger partial charge on any atom is 0.157 e. The van der Waals surface area contributed by atoms with E-state index in [0.717, 1.165) is 38.7 Å². The fourth-order valence-corrected chi connectivity index (χ4v) is 3.12. The zero-order valence-electron chi connectivity index (χ0n) is 15.1. The molecule has 2 aliphatic rings. The smallest absolute Gasteiger partial charge is 0.157 e. The molecule has 1 unspecified atom stereocenters. The zero-order valence-corrected chi connectivity index (χ0v) is 15.1. The first kappa shape index (κ1) is 19.2. The van der Waals surface area contributed by atoms with E-state index < -0.39 is 0 Å². The first-order chi connectivity index (χ1) is 12.8. The average molecular weight is 362 g/mol. The van der Waals surface area contributed by atoms with Gasteiger partial charge in [-0.2, -0.15) is 0 Å². The highest BCUT2D eigenvalue weighted by molar-refractivity contribution is 5.22. The Morgan fingerprint density at radius 1 is 1.08 bits per heavy atom. The minimum absolute atomic E-state index is 0.0278. The molecule has 2 saturated heterocycles. The fraction of sp³-hybridized carbons (Fsp3) is 0.619. The summed E-state index contributed by atoms with van der Waals surface area (Å²) in [5, 5.41) is 0. The summed E-state index contributed by atoms with van der Waals surface area (Å²) in [5.41, 5.74) is 0. The molecule has 2 aliphatic heterocycles. The molecule has 0 aromatic heterocycles. The van der Waals surface area contributed by atoms with Crippen molar-refractivity contribution in [3.05, 3.63) is 30.1 Å². The van der Waals surface area contributed by atoms with Crippen LogP contribution in [0.4, 0.5) is 4.39 Å². The molecule has 0 saturated carbocycles. The van der Waals surface area contributed by atoms with E-state index in [9.17, 15) is 4.39 Å². The number of hydrogen-bond acceptors (Lipinski definition) is 4. The Hall–Kier alpha value is -1.61. The molecule has 2 fully saturated rings. The molecule has 1 aromatic rings. The maximum atomic E-state index is 12.9. The van der Waals surface area contributed by atoms with Crippen LogP contribution in [-0.4, -0.2) is 38.3 Å². The second-order valence-electron chi connectivity index (χ2n) is 6.68. The van der Waals surface area contributed by atoms with Gasteiger partial charge in [-0.3, -0.25) is 0 Å². The third kappa shape index (κ3) is 6.60. The minimum Gasteiger partial charge on any atom is -0.491 e. The highest BCUT2D eigenvalue weighted by Crippen LogP contribution is 2.20. The Labute approximate surface area is 155 Å². The van der Waals surface area contributed by atoms with Crippen LogP contribution in [0.15, 0.2) is 24.3 Å². The molecule has 0 N–H and O–H groups in total. The molecule has 4 nitrogen and oxygen atoms in total. The molecule has 0 amide bonds. The average Bonchev–Trinajstić information content (AvgIpc) is 2.68. The van der Waals surface area contributed by atoms with E-state index in [1.165, 1.54) is 18.6 Å². The summed E-state index contributed by atoms with van der Waals surface area (Å²) in [6.45, 7) is 1.86. The van der Waals surface area contributed by atoms with Crippen LogP contribution in [0.3, 0.4) is 0 Å². The van der Waals surface area contributed by atoms with Crippen LogP contribution in [0.2, 0.25) is 0 Å². The van der Waals surface area contributed by atoms with Crippen LogP contribution >= 0.6 is 0 Å². The highest BCUT2D eigenvalue weighted by atomic mass is 19.1. The number of halogens is 1. The van der Waals surface area contributed by atoms with Crippen LogP contribution < -0.4 is 4.74 Å². The van der Waals surface area contributed by atoms with Gasteiger partial charge in [-0.05, 0) is 62.8 Å². The van der Waals surface area contributed by atoms with Crippen molar-refractivity contribution in [2.24, 2.45) is 0 Å². The topological polar surface area (TPSA) is 36.9 Å². The van der Waals surface area contributed by atoms with E-state index in [1.54, 1.807) is 12.1 Å². The van der Waals surface area contributed by atoms with Crippen molar-refractivity contribution in [2.75, 3.05) is 19.8 Å². The predicted octanol–water partition coefficient (Wildman–Crippen LogP) is 4.08. The van der Waals surface area contributed by atoms with Gasteiger partial charge in [0.1, 0.15) is 24.3 Å². The van der Waals surface area contributed by atoms with E-state index in [4.69, 9.17) is 18.9 Å². The molecule has 2 heterocycles. The molecule has 0 bridgehead atoms. The first-order valence-electron chi connectivity index (χ1n) is 9.55. The van der Waals surface area contributed by atoms with Crippen molar-refractivity contribution >= 4 is 0 Å². The Balaban J connectivity index is 1.33. The fourth-order valence-electron chi connectivity index (χ4n) is 3.12. The van der Waals surface area contributed by atoms with Crippen LogP contribution in [0, 0.1) is 17.7 Å². The maximum absolute atomic E-state index is 12.9. The van der Waals surface area contributed by atoms with Gasteiger partial charge in [-0.25, -0.2) is 4.39 Å². The lowest BCUT2D eigenvalue weighted by Crippen LogP contribution is -2.31. The standard InChI is InChI=1S/C21H27FO4/c22-17-10-12-18(13-11-17)25-16-20-8-5-7-19(26-20)6-1-3-14-23-21-9-2-4-15-24-21/h10-13,19-21H,2-5,7-9,14-16H2/t19-,20+,21?/m1/s1. The van der Waals surface area contributed by atoms with Crippen molar-refractivity contribution in [1.82, 2.24) is 0 Å². The summed E-state index contributed by atoms with van der Waals surface area (Å²) in [7, 11) is 0. The number of rotatable bonds is 6. The molecular weight excluding hydrogens is 335 g/mol. The second-order valence-corrected chi connectivity index (χ2v) is 6.68. The summed E-state index contributed by atoms with van der Waals surface area (Å²) >= 11 is 0. The molecule has 3 rings (SSSR count). The molecule has 0 aliphatic carbocycles. The van der Waals surface area contributed by atoms with Crippen LogP contribution in [0.1, 0.15) is 44.9 Å². The first-order valence-corrected chi connectivity index (χ1v) is 9.55. The van der Waals surface area contributed by atoms with Gasteiger partial charge in [0.15, 0.2) is 6.29 Å². The van der Waals surface area contributed by atoms with Gasteiger partial charge in [-0.15, -0.1) is 0 Å². The number of ether oxygens (including phenoxy) is 4. The van der Waals surface area contributed by atoms with Gasteiger partial charge < -0.3 is 18.9 Å². The van der Waals surface area contributed by atoms with Crippen molar-refractivity contribution in [3.8, 4) is 17.6 Å². The number of benzene rings is 1. The Bertz CT molecular complexity index is 586. The summed E-state index contributed by atoms with van der Waals surface area (Å²) < 4.78 is 35.8. The molecule has 1 aromatic carbocycles. The monoisotopic (exact) mass is 362 g/mol. The predicted molar refractivity (Wildman–Crippen MR) is 96.3 cm³/mol. The van der Waals surface area contributed by atoms with Crippen molar-refractivity contribution in [3.63, 3.8) is 0 Å². The number of hydrogen-bond donors (Lipinski definition) is 0. The summed E-state index contributed by atoms with van der Waals surface area (Å²) in [6.07, 6.45) is 6.89. The minimum atomic E-state index is -0.263. The van der Waals surface area contributed by atoms with E-state index in [1.807, 2.05) is 0 Å². The van der Waals surface area contributed by atoms with Gasteiger partial charge in [0.25, 0.3) is 0 Å².